The molecule has 2 aromatic carbocycles. The molecule has 1 saturated heterocycles. The highest BCUT2D eigenvalue weighted by atomic mass is 35.5. The second kappa shape index (κ2) is 9.37. The maximum absolute atomic E-state index is 12.5. The van der Waals surface area contributed by atoms with Crippen LogP contribution in [0.2, 0.25) is 5.02 Å². The SMILES string of the molecule is O=C(Nc1ccc(N2CCN(C(=O)c3cccs3)CC2)cc1)c1ccc([N+](=O)[O-])cc1Cl. The molecule has 1 N–H and O–H groups in total. The standard InChI is InChI=1S/C22H19ClN4O4S/c23-19-14-17(27(30)31)7-8-18(19)21(28)24-15-3-5-16(6-4-15)25-9-11-26(12-10-25)22(29)20-2-1-13-32-20/h1-8,13-14H,9-12H2,(H,24,28). The molecule has 1 aliphatic heterocycles. The summed E-state index contributed by atoms with van der Waals surface area (Å²) < 4.78 is 0. The third-order valence-corrected chi connectivity index (χ3v) is 6.37. The van der Waals surface area contributed by atoms with Gasteiger partial charge in [0.25, 0.3) is 17.5 Å². The van der Waals surface area contributed by atoms with E-state index in [1.807, 2.05) is 34.5 Å². The van der Waals surface area contributed by atoms with Crippen LogP contribution in [-0.2, 0) is 0 Å². The van der Waals surface area contributed by atoms with Crippen molar-refractivity contribution in [2.75, 3.05) is 36.4 Å². The lowest BCUT2D eigenvalue weighted by atomic mass is 10.1. The van der Waals surface area contributed by atoms with Crippen molar-refractivity contribution in [2.45, 2.75) is 0 Å². The van der Waals surface area contributed by atoms with Gasteiger partial charge in [0.1, 0.15) is 0 Å². The quantitative estimate of drug-likeness (QED) is 0.436. The van der Waals surface area contributed by atoms with E-state index >= 15 is 0 Å². The summed E-state index contributed by atoms with van der Waals surface area (Å²) in [6.07, 6.45) is 0. The van der Waals surface area contributed by atoms with E-state index in [9.17, 15) is 19.7 Å². The van der Waals surface area contributed by atoms with Crippen LogP contribution < -0.4 is 10.2 Å². The number of nitrogens with one attached hydrogen (secondary N) is 1. The van der Waals surface area contributed by atoms with Crippen LogP contribution >= 0.6 is 22.9 Å². The van der Waals surface area contributed by atoms with Crippen molar-refractivity contribution in [1.29, 1.82) is 0 Å². The lowest BCUT2D eigenvalue weighted by molar-refractivity contribution is -0.384. The molecule has 2 heterocycles. The van der Waals surface area contributed by atoms with Crippen LogP contribution in [0.15, 0.2) is 60.0 Å². The van der Waals surface area contributed by atoms with Gasteiger partial charge in [0.05, 0.1) is 20.4 Å². The third kappa shape index (κ3) is 4.74. The molecule has 4 rings (SSSR count). The summed E-state index contributed by atoms with van der Waals surface area (Å²) in [6.45, 7) is 2.74. The number of piperazine rings is 1. The molecule has 0 unspecified atom stereocenters. The summed E-state index contributed by atoms with van der Waals surface area (Å²) in [5, 5.41) is 15.5. The van der Waals surface area contributed by atoms with Gasteiger partial charge in [-0.1, -0.05) is 17.7 Å². The van der Waals surface area contributed by atoms with E-state index in [4.69, 9.17) is 11.6 Å². The normalized spacial score (nSPS) is 13.7. The van der Waals surface area contributed by atoms with Crippen molar-refractivity contribution < 1.29 is 14.5 Å². The topological polar surface area (TPSA) is 95.8 Å². The van der Waals surface area contributed by atoms with Crippen LogP contribution in [0.5, 0.6) is 0 Å². The number of nitro groups is 1. The molecule has 0 spiro atoms. The van der Waals surface area contributed by atoms with Gasteiger partial charge in [-0.2, -0.15) is 0 Å². The molecule has 2 amide bonds. The fourth-order valence-corrected chi connectivity index (χ4v) is 4.43. The van der Waals surface area contributed by atoms with Crippen molar-refractivity contribution >= 4 is 51.8 Å². The Bertz CT molecular complexity index is 1140. The summed E-state index contributed by atoms with van der Waals surface area (Å²) in [4.78, 5) is 40.0. The van der Waals surface area contributed by atoms with Gasteiger partial charge in [-0.15, -0.1) is 11.3 Å². The summed E-state index contributed by atoms with van der Waals surface area (Å²) in [5.41, 5.74) is 1.57. The zero-order valence-corrected chi connectivity index (χ0v) is 18.4. The summed E-state index contributed by atoms with van der Waals surface area (Å²) in [5.74, 6) is -0.374. The smallest absolute Gasteiger partial charge is 0.270 e. The fourth-order valence-electron chi connectivity index (χ4n) is 3.48. The lowest BCUT2D eigenvalue weighted by Gasteiger charge is -2.36. The van der Waals surface area contributed by atoms with Crippen LogP contribution in [0, 0.1) is 10.1 Å². The second-order valence-electron chi connectivity index (χ2n) is 7.18. The first-order chi connectivity index (χ1) is 15.4. The molecule has 0 saturated carbocycles. The Kier molecular flexibility index (Phi) is 6.38. The molecule has 0 bridgehead atoms. The van der Waals surface area contributed by atoms with Gasteiger partial charge >= 0.3 is 0 Å². The number of rotatable bonds is 5. The number of benzene rings is 2. The average Bonchev–Trinajstić information content (AvgIpc) is 3.34. The van der Waals surface area contributed by atoms with E-state index in [2.05, 4.69) is 10.2 Å². The number of amides is 2. The molecule has 1 aliphatic rings. The predicted molar refractivity (Wildman–Crippen MR) is 125 cm³/mol. The molecule has 164 valence electrons. The molecule has 0 aliphatic carbocycles. The van der Waals surface area contributed by atoms with Crippen molar-refractivity contribution in [3.8, 4) is 0 Å². The van der Waals surface area contributed by atoms with Crippen LogP contribution in [0.4, 0.5) is 17.1 Å². The first-order valence-electron chi connectivity index (χ1n) is 9.85. The van der Waals surface area contributed by atoms with Gasteiger partial charge in [-0.3, -0.25) is 19.7 Å². The number of non-ortho nitro benzene ring substituents is 1. The molecular weight excluding hydrogens is 452 g/mol. The monoisotopic (exact) mass is 470 g/mol. The Morgan fingerprint density at radius 2 is 1.75 bits per heavy atom. The number of nitro benzene ring substituents is 1. The van der Waals surface area contributed by atoms with E-state index in [-0.39, 0.29) is 22.2 Å². The number of nitrogens with zero attached hydrogens (tertiary/aromatic N) is 3. The number of hydrogen-bond donors (Lipinski definition) is 1. The molecular formula is C22H19ClN4O4S. The Labute approximate surface area is 193 Å². The van der Waals surface area contributed by atoms with Gasteiger partial charge in [-0.05, 0) is 41.8 Å². The highest BCUT2D eigenvalue weighted by molar-refractivity contribution is 7.12. The Balaban J connectivity index is 1.35. The number of carbonyl (C=O) groups is 2. The molecule has 0 radical (unpaired) electrons. The Hall–Kier alpha value is -3.43. The fraction of sp³-hybridized carbons (Fsp3) is 0.182. The van der Waals surface area contributed by atoms with Crippen LogP contribution in [0.25, 0.3) is 0 Å². The number of thiophene rings is 1. The van der Waals surface area contributed by atoms with Crippen LogP contribution in [0.3, 0.4) is 0 Å². The number of halogens is 1. The zero-order chi connectivity index (χ0) is 22.7. The van der Waals surface area contributed by atoms with Crippen LogP contribution in [0.1, 0.15) is 20.0 Å². The largest absolute Gasteiger partial charge is 0.368 e. The van der Waals surface area contributed by atoms with Crippen molar-refractivity contribution in [2.24, 2.45) is 0 Å². The van der Waals surface area contributed by atoms with Gasteiger partial charge in [0, 0.05) is 49.7 Å². The van der Waals surface area contributed by atoms with Gasteiger partial charge in [0.15, 0.2) is 0 Å². The Morgan fingerprint density at radius 1 is 1.03 bits per heavy atom. The molecule has 8 nitrogen and oxygen atoms in total. The summed E-state index contributed by atoms with van der Waals surface area (Å²) in [7, 11) is 0. The number of carbonyl (C=O) groups excluding carboxylic acids is 2. The molecule has 32 heavy (non-hydrogen) atoms. The maximum Gasteiger partial charge on any atom is 0.270 e. The lowest BCUT2D eigenvalue weighted by Crippen LogP contribution is -2.48. The predicted octanol–water partition coefficient (Wildman–Crippen LogP) is 4.52. The van der Waals surface area contributed by atoms with E-state index in [0.29, 0.717) is 18.8 Å². The minimum Gasteiger partial charge on any atom is -0.368 e. The summed E-state index contributed by atoms with van der Waals surface area (Å²) >= 11 is 7.48. The van der Waals surface area contributed by atoms with Crippen LogP contribution in [-0.4, -0.2) is 47.8 Å². The van der Waals surface area contributed by atoms with Crippen molar-refractivity contribution in [3.05, 3.63) is 85.6 Å². The molecule has 1 aromatic heterocycles. The first-order valence-corrected chi connectivity index (χ1v) is 11.1. The van der Waals surface area contributed by atoms with E-state index in [1.165, 1.54) is 23.5 Å². The molecule has 0 atom stereocenters. The zero-order valence-electron chi connectivity index (χ0n) is 16.9. The minimum absolute atomic E-state index is 0.0169. The van der Waals surface area contributed by atoms with Crippen molar-refractivity contribution in [1.82, 2.24) is 4.90 Å². The molecule has 10 heteroatoms. The van der Waals surface area contributed by atoms with Gasteiger partial charge in [-0.25, -0.2) is 0 Å². The van der Waals surface area contributed by atoms with E-state index in [1.54, 1.807) is 12.1 Å². The van der Waals surface area contributed by atoms with Crippen molar-refractivity contribution in [3.63, 3.8) is 0 Å². The first kappa shape index (κ1) is 21.8. The second-order valence-corrected chi connectivity index (χ2v) is 8.53. The summed E-state index contributed by atoms with van der Waals surface area (Å²) in [6, 6.07) is 14.8. The Morgan fingerprint density at radius 3 is 2.34 bits per heavy atom. The van der Waals surface area contributed by atoms with E-state index in [0.717, 1.165) is 29.7 Å². The average molecular weight is 471 g/mol. The maximum atomic E-state index is 12.5. The van der Waals surface area contributed by atoms with Gasteiger partial charge < -0.3 is 15.1 Å². The third-order valence-electron chi connectivity index (χ3n) is 5.20. The minimum atomic E-state index is -0.565. The highest BCUT2D eigenvalue weighted by Crippen LogP contribution is 2.25. The number of hydrogen-bond acceptors (Lipinski definition) is 6. The molecule has 1 fully saturated rings. The highest BCUT2D eigenvalue weighted by Gasteiger charge is 2.23. The number of anilines is 2. The molecule has 3 aromatic rings. The van der Waals surface area contributed by atoms with E-state index < -0.39 is 10.8 Å². The van der Waals surface area contributed by atoms with Gasteiger partial charge in [0.2, 0.25) is 0 Å².